The fraction of sp³-hybridized carbons (Fsp3) is 0.333. The van der Waals surface area contributed by atoms with Crippen LogP contribution in [0.25, 0.3) is 10.9 Å². The first-order valence-corrected chi connectivity index (χ1v) is 9.32. The van der Waals surface area contributed by atoms with Gasteiger partial charge in [-0.15, -0.1) is 0 Å². The number of fused-ring (bicyclic) bond motifs is 1. The van der Waals surface area contributed by atoms with Crippen molar-refractivity contribution in [2.75, 3.05) is 0 Å². The van der Waals surface area contributed by atoms with E-state index in [4.69, 9.17) is 0 Å². The predicted octanol–water partition coefficient (Wildman–Crippen LogP) is 3.01. The number of nitrogens with zero attached hydrogens (tertiary/aromatic N) is 3. The van der Waals surface area contributed by atoms with Gasteiger partial charge in [0.2, 0.25) is 0 Å². The van der Waals surface area contributed by atoms with Gasteiger partial charge in [0.15, 0.2) is 0 Å². The standard InChI is InChI=1S/C21H22N4O2/c1-14-4-11-20(26)25(24-14)18-8-6-17(7-9-18)23-21(27)16-5-10-19-15(13-16)3-2-12-22-19/h2-5,10-13,17-18H,6-9H2,1H3,(H,23,27). The van der Waals surface area contributed by atoms with Gasteiger partial charge in [0.1, 0.15) is 0 Å². The Morgan fingerprint density at radius 2 is 1.93 bits per heavy atom. The van der Waals surface area contributed by atoms with E-state index < -0.39 is 0 Å². The summed E-state index contributed by atoms with van der Waals surface area (Å²) in [5.41, 5.74) is 2.31. The largest absolute Gasteiger partial charge is 0.349 e. The van der Waals surface area contributed by atoms with Gasteiger partial charge in [-0.05, 0) is 62.9 Å². The SMILES string of the molecule is Cc1ccc(=O)n(C2CCC(NC(=O)c3ccc4ncccc4c3)CC2)n1. The minimum atomic E-state index is -0.0601. The molecular formula is C21H22N4O2. The molecular weight excluding hydrogens is 340 g/mol. The lowest BCUT2D eigenvalue weighted by Gasteiger charge is -2.29. The van der Waals surface area contributed by atoms with Crippen LogP contribution in [0.1, 0.15) is 47.8 Å². The fourth-order valence-corrected chi connectivity index (χ4v) is 3.73. The van der Waals surface area contributed by atoms with Crippen molar-refractivity contribution in [2.45, 2.75) is 44.7 Å². The maximum Gasteiger partial charge on any atom is 0.267 e. The lowest BCUT2D eigenvalue weighted by molar-refractivity contribution is 0.0921. The minimum absolute atomic E-state index is 0.0575. The molecule has 2 heterocycles. The molecule has 3 aromatic rings. The molecule has 6 nitrogen and oxygen atoms in total. The zero-order valence-electron chi connectivity index (χ0n) is 15.3. The summed E-state index contributed by atoms with van der Waals surface area (Å²) >= 11 is 0. The van der Waals surface area contributed by atoms with Crippen LogP contribution in [0.5, 0.6) is 0 Å². The van der Waals surface area contributed by atoms with Crippen LogP contribution in [0, 0.1) is 6.92 Å². The van der Waals surface area contributed by atoms with Crippen molar-refractivity contribution in [1.29, 1.82) is 0 Å². The van der Waals surface area contributed by atoms with Crippen molar-refractivity contribution >= 4 is 16.8 Å². The molecule has 0 unspecified atom stereocenters. The molecule has 2 aromatic heterocycles. The van der Waals surface area contributed by atoms with Crippen molar-refractivity contribution in [3.63, 3.8) is 0 Å². The molecule has 1 fully saturated rings. The quantitative estimate of drug-likeness (QED) is 0.777. The van der Waals surface area contributed by atoms with Gasteiger partial charge in [0.05, 0.1) is 17.3 Å². The van der Waals surface area contributed by atoms with Gasteiger partial charge in [-0.1, -0.05) is 6.07 Å². The first-order valence-electron chi connectivity index (χ1n) is 9.32. The fourth-order valence-electron chi connectivity index (χ4n) is 3.73. The van der Waals surface area contributed by atoms with Crippen molar-refractivity contribution in [3.8, 4) is 0 Å². The van der Waals surface area contributed by atoms with Gasteiger partial charge < -0.3 is 5.32 Å². The Balaban J connectivity index is 1.40. The molecule has 0 aliphatic heterocycles. The van der Waals surface area contributed by atoms with Crippen LogP contribution in [0.4, 0.5) is 0 Å². The summed E-state index contributed by atoms with van der Waals surface area (Å²) in [6.45, 7) is 1.89. The van der Waals surface area contributed by atoms with Crippen LogP contribution < -0.4 is 10.9 Å². The highest BCUT2D eigenvalue weighted by molar-refractivity contribution is 5.98. The van der Waals surface area contributed by atoms with Gasteiger partial charge in [-0.25, -0.2) is 4.68 Å². The lowest BCUT2D eigenvalue weighted by Crippen LogP contribution is -2.39. The summed E-state index contributed by atoms with van der Waals surface area (Å²) in [6.07, 6.45) is 5.10. The van der Waals surface area contributed by atoms with E-state index in [-0.39, 0.29) is 23.6 Å². The maximum atomic E-state index is 12.6. The summed E-state index contributed by atoms with van der Waals surface area (Å²) in [5, 5.41) is 8.46. The third-order valence-corrected chi connectivity index (χ3v) is 5.20. The Hall–Kier alpha value is -3.02. The third kappa shape index (κ3) is 3.74. The zero-order valence-corrected chi connectivity index (χ0v) is 15.3. The summed E-state index contributed by atoms with van der Waals surface area (Å²) < 4.78 is 1.60. The Kier molecular flexibility index (Phi) is 4.71. The van der Waals surface area contributed by atoms with E-state index in [0.29, 0.717) is 5.56 Å². The molecule has 1 aliphatic rings. The number of amides is 1. The van der Waals surface area contributed by atoms with E-state index in [1.807, 2.05) is 37.3 Å². The molecule has 27 heavy (non-hydrogen) atoms. The Morgan fingerprint density at radius 3 is 2.74 bits per heavy atom. The first-order chi connectivity index (χ1) is 13.1. The number of hydrogen-bond donors (Lipinski definition) is 1. The van der Waals surface area contributed by atoms with Gasteiger partial charge in [0, 0.05) is 29.3 Å². The Bertz CT molecular complexity index is 1040. The molecule has 0 spiro atoms. The van der Waals surface area contributed by atoms with Crippen molar-refractivity contribution in [3.05, 3.63) is 70.3 Å². The smallest absolute Gasteiger partial charge is 0.267 e. The molecule has 0 saturated heterocycles. The van der Waals surface area contributed by atoms with E-state index >= 15 is 0 Å². The van der Waals surface area contributed by atoms with Gasteiger partial charge in [-0.3, -0.25) is 14.6 Å². The molecule has 1 aliphatic carbocycles. The van der Waals surface area contributed by atoms with Crippen LogP contribution in [-0.4, -0.2) is 26.7 Å². The summed E-state index contributed by atoms with van der Waals surface area (Å²) in [5.74, 6) is -0.0601. The van der Waals surface area contributed by atoms with Crippen LogP contribution in [0.3, 0.4) is 0 Å². The molecule has 0 atom stereocenters. The molecule has 138 valence electrons. The molecule has 6 heteroatoms. The van der Waals surface area contributed by atoms with Crippen LogP contribution >= 0.6 is 0 Å². The van der Waals surface area contributed by atoms with Crippen molar-refractivity contribution < 1.29 is 4.79 Å². The number of rotatable bonds is 3. The van der Waals surface area contributed by atoms with E-state index in [2.05, 4.69) is 15.4 Å². The molecule has 1 aromatic carbocycles. The van der Waals surface area contributed by atoms with E-state index in [0.717, 1.165) is 42.3 Å². The highest BCUT2D eigenvalue weighted by Crippen LogP contribution is 2.27. The molecule has 4 rings (SSSR count). The maximum absolute atomic E-state index is 12.6. The first kappa shape index (κ1) is 17.4. The topological polar surface area (TPSA) is 76.9 Å². The van der Waals surface area contributed by atoms with Crippen molar-refractivity contribution in [2.24, 2.45) is 0 Å². The van der Waals surface area contributed by atoms with E-state index in [9.17, 15) is 9.59 Å². The number of benzene rings is 1. The Morgan fingerprint density at radius 1 is 1.11 bits per heavy atom. The number of pyridine rings is 1. The highest BCUT2D eigenvalue weighted by Gasteiger charge is 2.25. The third-order valence-electron chi connectivity index (χ3n) is 5.20. The highest BCUT2D eigenvalue weighted by atomic mass is 16.1. The predicted molar refractivity (Wildman–Crippen MR) is 104 cm³/mol. The zero-order chi connectivity index (χ0) is 18.8. The molecule has 0 radical (unpaired) electrons. The van der Waals surface area contributed by atoms with Gasteiger partial charge >= 0.3 is 0 Å². The van der Waals surface area contributed by atoms with Crippen LogP contribution in [0.15, 0.2) is 53.5 Å². The summed E-state index contributed by atoms with van der Waals surface area (Å²) in [6, 6.07) is 12.9. The molecule has 1 N–H and O–H groups in total. The molecule has 1 saturated carbocycles. The average Bonchev–Trinajstić information content (AvgIpc) is 2.70. The van der Waals surface area contributed by atoms with E-state index in [1.54, 1.807) is 23.0 Å². The normalized spacial score (nSPS) is 19.7. The second-order valence-corrected chi connectivity index (χ2v) is 7.15. The van der Waals surface area contributed by atoms with Crippen LogP contribution in [-0.2, 0) is 0 Å². The summed E-state index contributed by atoms with van der Waals surface area (Å²) in [7, 11) is 0. The second kappa shape index (κ2) is 7.31. The van der Waals surface area contributed by atoms with Gasteiger partial charge in [0.25, 0.3) is 11.5 Å². The second-order valence-electron chi connectivity index (χ2n) is 7.15. The summed E-state index contributed by atoms with van der Waals surface area (Å²) in [4.78, 5) is 28.9. The van der Waals surface area contributed by atoms with Crippen LogP contribution in [0.2, 0.25) is 0 Å². The Labute approximate surface area is 157 Å². The number of aryl methyl sites for hydroxylation is 1. The number of carbonyl (C=O) groups excluding carboxylic acids is 1. The minimum Gasteiger partial charge on any atom is -0.349 e. The number of aromatic nitrogens is 3. The number of nitrogens with one attached hydrogen (secondary N) is 1. The monoisotopic (exact) mass is 362 g/mol. The van der Waals surface area contributed by atoms with Gasteiger partial charge in [-0.2, -0.15) is 5.10 Å². The molecule has 1 amide bonds. The van der Waals surface area contributed by atoms with E-state index in [1.165, 1.54) is 0 Å². The number of hydrogen-bond acceptors (Lipinski definition) is 4. The van der Waals surface area contributed by atoms with Crippen molar-refractivity contribution in [1.82, 2.24) is 20.1 Å². The molecule has 0 bridgehead atoms. The number of carbonyl (C=O) groups is 1. The lowest BCUT2D eigenvalue weighted by atomic mass is 9.91. The average molecular weight is 362 g/mol.